The van der Waals surface area contributed by atoms with Gasteiger partial charge in [-0.1, -0.05) is 0 Å². The maximum Gasteiger partial charge on any atom is 0.319 e. The van der Waals surface area contributed by atoms with Crippen molar-refractivity contribution in [1.29, 1.82) is 0 Å². The Balaban J connectivity index is 2.26. The van der Waals surface area contributed by atoms with Gasteiger partial charge in [0.1, 0.15) is 0 Å². The van der Waals surface area contributed by atoms with E-state index in [4.69, 9.17) is 4.74 Å². The van der Waals surface area contributed by atoms with Gasteiger partial charge in [0.15, 0.2) is 0 Å². The Bertz CT molecular complexity index is 455. The van der Waals surface area contributed by atoms with Crippen LogP contribution in [-0.2, 0) is 17.8 Å². The Kier molecular flexibility index (Phi) is 4.09. The first-order chi connectivity index (χ1) is 9.06. The van der Waals surface area contributed by atoms with Crippen molar-refractivity contribution in [2.45, 2.75) is 25.9 Å². The van der Waals surface area contributed by atoms with Crippen LogP contribution in [0.1, 0.15) is 24.1 Å². The molecule has 0 spiro atoms. The van der Waals surface area contributed by atoms with Gasteiger partial charge in [-0.2, -0.15) is 5.10 Å². The number of methoxy groups -OCH3 is 1. The molecule has 19 heavy (non-hydrogen) atoms. The fourth-order valence-electron chi connectivity index (χ4n) is 2.48. The van der Waals surface area contributed by atoms with Crippen LogP contribution in [0.2, 0.25) is 0 Å². The van der Waals surface area contributed by atoms with Crippen molar-refractivity contribution in [2.75, 3.05) is 34.4 Å². The topological polar surface area (TPSA) is 50.6 Å². The van der Waals surface area contributed by atoms with Crippen LogP contribution in [0.25, 0.3) is 0 Å². The van der Waals surface area contributed by atoms with Crippen molar-refractivity contribution in [1.82, 2.24) is 19.6 Å². The van der Waals surface area contributed by atoms with Crippen molar-refractivity contribution in [3.8, 4) is 0 Å². The Morgan fingerprint density at radius 3 is 2.89 bits per heavy atom. The highest BCUT2D eigenvalue weighted by molar-refractivity contribution is 5.74. The van der Waals surface area contributed by atoms with Crippen molar-refractivity contribution < 1.29 is 9.53 Å². The van der Waals surface area contributed by atoms with Gasteiger partial charge < -0.3 is 14.5 Å². The molecule has 0 saturated carbocycles. The molecule has 0 fully saturated rings. The molecule has 106 valence electrons. The van der Waals surface area contributed by atoms with Crippen LogP contribution >= 0.6 is 0 Å². The first kappa shape index (κ1) is 13.9. The lowest BCUT2D eigenvalue weighted by molar-refractivity contribution is 0.130. The van der Waals surface area contributed by atoms with Crippen LogP contribution in [0.3, 0.4) is 0 Å². The number of carbonyl (C=O) groups excluding carboxylic acids is 1. The molecule has 6 heteroatoms. The molecular weight excluding hydrogens is 244 g/mol. The van der Waals surface area contributed by atoms with E-state index in [1.54, 1.807) is 26.1 Å². The lowest BCUT2D eigenvalue weighted by Gasteiger charge is -2.33. The highest BCUT2D eigenvalue weighted by Gasteiger charge is 2.31. The molecule has 0 bridgehead atoms. The van der Waals surface area contributed by atoms with Crippen LogP contribution in [0.4, 0.5) is 4.79 Å². The number of fused-ring (bicyclic) bond motifs is 1. The summed E-state index contributed by atoms with van der Waals surface area (Å²) in [6, 6.07) is 0.0257. The number of rotatable bonds is 3. The molecule has 1 aliphatic rings. The van der Waals surface area contributed by atoms with Gasteiger partial charge in [-0.3, -0.25) is 4.68 Å². The van der Waals surface area contributed by atoms with E-state index in [1.165, 1.54) is 5.56 Å². The van der Waals surface area contributed by atoms with Gasteiger partial charge in [0, 0.05) is 52.0 Å². The Morgan fingerprint density at radius 2 is 2.32 bits per heavy atom. The highest BCUT2D eigenvalue weighted by Crippen LogP contribution is 2.28. The average Bonchev–Trinajstić information content (AvgIpc) is 2.81. The maximum absolute atomic E-state index is 12.1. The molecule has 2 heterocycles. The fraction of sp³-hybridized carbons (Fsp3) is 0.692. The largest absolute Gasteiger partial charge is 0.384 e. The smallest absolute Gasteiger partial charge is 0.319 e. The molecule has 0 N–H and O–H groups in total. The number of ether oxygens (including phenoxy) is 1. The number of aromatic nitrogens is 2. The lowest BCUT2D eigenvalue weighted by atomic mass is 9.96. The van der Waals surface area contributed by atoms with Gasteiger partial charge in [0.2, 0.25) is 0 Å². The van der Waals surface area contributed by atoms with Crippen molar-refractivity contribution in [3.05, 3.63) is 17.5 Å². The summed E-state index contributed by atoms with van der Waals surface area (Å²) in [6.45, 7) is 4.79. The average molecular weight is 266 g/mol. The molecule has 0 aromatic carbocycles. The third kappa shape index (κ3) is 2.73. The molecule has 0 saturated heterocycles. The summed E-state index contributed by atoms with van der Waals surface area (Å²) >= 11 is 0. The molecule has 1 aliphatic heterocycles. The van der Waals surface area contributed by atoms with Gasteiger partial charge in [0.25, 0.3) is 0 Å². The van der Waals surface area contributed by atoms with Crippen LogP contribution in [0.15, 0.2) is 6.20 Å². The number of amides is 2. The van der Waals surface area contributed by atoms with E-state index >= 15 is 0 Å². The van der Waals surface area contributed by atoms with E-state index in [1.807, 2.05) is 9.58 Å². The third-order valence-electron chi connectivity index (χ3n) is 3.44. The number of nitrogens with zero attached hydrogens (tertiary/aromatic N) is 4. The first-order valence-corrected chi connectivity index (χ1v) is 6.58. The van der Waals surface area contributed by atoms with E-state index in [0.717, 1.165) is 12.2 Å². The second kappa shape index (κ2) is 5.61. The van der Waals surface area contributed by atoms with Crippen molar-refractivity contribution in [2.24, 2.45) is 0 Å². The SMILES string of the molecule is CCn1cc2c(n1)CN(C(=O)N(C)C)C[C@@H]2COC. The zero-order chi connectivity index (χ0) is 14.0. The van der Waals surface area contributed by atoms with E-state index in [9.17, 15) is 4.79 Å². The summed E-state index contributed by atoms with van der Waals surface area (Å²) in [5.74, 6) is 0.206. The summed E-state index contributed by atoms with van der Waals surface area (Å²) in [7, 11) is 5.23. The molecule has 1 aromatic heterocycles. The van der Waals surface area contributed by atoms with Gasteiger partial charge in [0.05, 0.1) is 18.8 Å². The van der Waals surface area contributed by atoms with Gasteiger partial charge in [-0.05, 0) is 6.92 Å². The highest BCUT2D eigenvalue weighted by atomic mass is 16.5. The molecule has 1 aromatic rings. The maximum atomic E-state index is 12.1. The number of aryl methyl sites for hydroxylation is 1. The Morgan fingerprint density at radius 1 is 1.58 bits per heavy atom. The second-order valence-corrected chi connectivity index (χ2v) is 5.10. The predicted octanol–water partition coefficient (Wildman–Crippen LogP) is 1.13. The predicted molar refractivity (Wildman–Crippen MR) is 72.0 cm³/mol. The summed E-state index contributed by atoms with van der Waals surface area (Å²) in [5.41, 5.74) is 2.21. The van der Waals surface area contributed by atoms with Gasteiger partial charge in [-0.25, -0.2) is 4.79 Å². The minimum absolute atomic E-state index is 0.0257. The van der Waals surface area contributed by atoms with Crippen molar-refractivity contribution in [3.63, 3.8) is 0 Å². The standard InChI is InChI=1S/C13H22N4O2/c1-5-17-7-11-10(9-19-4)6-16(8-12(11)14-17)13(18)15(2)3/h7,10H,5-6,8-9H2,1-4H3/t10-/m1/s1. The molecule has 2 amide bonds. The number of hydrogen-bond donors (Lipinski definition) is 0. The number of carbonyl (C=O) groups is 1. The minimum atomic E-state index is 0.0257. The monoisotopic (exact) mass is 266 g/mol. The van der Waals surface area contributed by atoms with Gasteiger partial charge >= 0.3 is 6.03 Å². The first-order valence-electron chi connectivity index (χ1n) is 6.58. The second-order valence-electron chi connectivity index (χ2n) is 5.10. The molecule has 1 atom stereocenters. The van der Waals surface area contributed by atoms with Crippen LogP contribution in [-0.4, -0.2) is 60.0 Å². The zero-order valence-corrected chi connectivity index (χ0v) is 12.1. The Labute approximate surface area is 113 Å². The number of urea groups is 1. The van der Waals surface area contributed by atoms with Crippen LogP contribution in [0, 0.1) is 0 Å². The number of hydrogen-bond acceptors (Lipinski definition) is 3. The van der Waals surface area contributed by atoms with E-state index in [-0.39, 0.29) is 11.9 Å². The van der Waals surface area contributed by atoms with Crippen LogP contribution in [0.5, 0.6) is 0 Å². The molecule has 0 unspecified atom stereocenters. The van der Waals surface area contributed by atoms with E-state index in [0.29, 0.717) is 19.7 Å². The minimum Gasteiger partial charge on any atom is -0.384 e. The quantitative estimate of drug-likeness (QED) is 0.824. The molecule has 0 radical (unpaired) electrons. The van der Waals surface area contributed by atoms with E-state index in [2.05, 4.69) is 18.2 Å². The normalized spacial score (nSPS) is 18.3. The van der Waals surface area contributed by atoms with Crippen molar-refractivity contribution >= 4 is 6.03 Å². The molecule has 0 aliphatic carbocycles. The third-order valence-corrected chi connectivity index (χ3v) is 3.44. The lowest BCUT2D eigenvalue weighted by Crippen LogP contribution is -2.44. The molecule has 6 nitrogen and oxygen atoms in total. The van der Waals surface area contributed by atoms with Gasteiger partial charge in [-0.15, -0.1) is 0 Å². The summed E-state index contributed by atoms with van der Waals surface area (Å²) in [4.78, 5) is 15.5. The fourth-order valence-corrected chi connectivity index (χ4v) is 2.48. The zero-order valence-electron chi connectivity index (χ0n) is 12.1. The summed E-state index contributed by atoms with van der Waals surface area (Å²) in [5, 5.41) is 4.54. The van der Waals surface area contributed by atoms with Crippen LogP contribution < -0.4 is 0 Å². The summed E-state index contributed by atoms with van der Waals surface area (Å²) < 4.78 is 7.21. The summed E-state index contributed by atoms with van der Waals surface area (Å²) in [6.07, 6.45) is 2.08. The molecular formula is C13H22N4O2. The molecule has 2 rings (SSSR count). The van der Waals surface area contributed by atoms with E-state index < -0.39 is 0 Å². The Hall–Kier alpha value is -1.56.